The Bertz CT molecular complexity index is 599. The summed E-state index contributed by atoms with van der Waals surface area (Å²) in [6.07, 6.45) is 0.445. The highest BCUT2D eigenvalue weighted by atomic mass is 32.1. The molecule has 2 rings (SSSR count). The zero-order valence-electron chi connectivity index (χ0n) is 7.80. The first-order valence-corrected chi connectivity index (χ1v) is 5.08. The van der Waals surface area contributed by atoms with Crippen molar-refractivity contribution in [3.63, 3.8) is 0 Å². The average molecular weight is 238 g/mol. The van der Waals surface area contributed by atoms with Gasteiger partial charge in [-0.3, -0.25) is 4.79 Å². The quantitative estimate of drug-likeness (QED) is 0.548. The van der Waals surface area contributed by atoms with Gasteiger partial charge in [-0.15, -0.1) is 11.3 Å². The number of aromatic carboxylic acids is 1. The fraction of sp³-hybridized carbons (Fsp3) is 0. The fourth-order valence-electron chi connectivity index (χ4n) is 1.47. The van der Waals surface area contributed by atoms with Crippen LogP contribution in [0.4, 0.5) is 0 Å². The molecule has 1 aromatic heterocycles. The number of aldehydes is 1. The topological polar surface area (TPSA) is 94.8 Å². The molecule has 82 valence electrons. The number of fused-ring (bicyclic) bond motifs is 1. The first-order chi connectivity index (χ1) is 7.56. The molecule has 0 saturated carbocycles. The zero-order chi connectivity index (χ0) is 11.9. The summed E-state index contributed by atoms with van der Waals surface area (Å²) in [7, 11) is 0. The number of carboxylic acid groups (broad SMARTS) is 1. The molecule has 3 N–H and O–H groups in total. The van der Waals surface area contributed by atoms with Crippen LogP contribution in [0.25, 0.3) is 10.1 Å². The van der Waals surface area contributed by atoms with Crippen LogP contribution in [-0.4, -0.2) is 27.6 Å². The number of benzene rings is 1. The van der Waals surface area contributed by atoms with Crippen LogP contribution in [0.5, 0.6) is 11.5 Å². The maximum Gasteiger partial charge on any atom is 0.337 e. The van der Waals surface area contributed by atoms with Gasteiger partial charge < -0.3 is 15.3 Å². The number of hydrogen-bond acceptors (Lipinski definition) is 5. The van der Waals surface area contributed by atoms with Crippen molar-refractivity contribution in [2.45, 2.75) is 0 Å². The molecular formula is C10H6O5S. The van der Waals surface area contributed by atoms with E-state index in [1.54, 1.807) is 0 Å². The fourth-order valence-corrected chi connectivity index (χ4v) is 2.49. The summed E-state index contributed by atoms with van der Waals surface area (Å²) in [5, 5.41) is 29.2. The number of thiophene rings is 1. The minimum atomic E-state index is -1.18. The van der Waals surface area contributed by atoms with Crippen molar-refractivity contribution < 1.29 is 24.9 Å². The summed E-state index contributed by atoms with van der Waals surface area (Å²) in [5.74, 6) is -2.02. The van der Waals surface area contributed by atoms with E-state index in [-0.39, 0.29) is 21.2 Å². The summed E-state index contributed by atoms with van der Waals surface area (Å²) < 4.78 is 0.194. The van der Waals surface area contributed by atoms with Gasteiger partial charge in [-0.05, 0) is 6.07 Å². The Kier molecular flexibility index (Phi) is 2.28. The molecule has 2 aromatic rings. The van der Waals surface area contributed by atoms with Crippen molar-refractivity contribution in [3.05, 3.63) is 22.6 Å². The van der Waals surface area contributed by atoms with Gasteiger partial charge in [0.05, 0.1) is 10.3 Å². The molecule has 1 heterocycles. The molecule has 5 nitrogen and oxygen atoms in total. The van der Waals surface area contributed by atoms with Gasteiger partial charge in [0.2, 0.25) is 0 Å². The van der Waals surface area contributed by atoms with Crippen molar-refractivity contribution in [1.82, 2.24) is 0 Å². The third-order valence-electron chi connectivity index (χ3n) is 2.19. The van der Waals surface area contributed by atoms with Crippen molar-refractivity contribution >= 4 is 33.7 Å². The number of phenolic OH excluding ortho intramolecular Hbond substituents is 2. The number of carbonyl (C=O) groups is 2. The minimum absolute atomic E-state index is 0.0453. The molecule has 0 aliphatic heterocycles. The lowest BCUT2D eigenvalue weighted by molar-refractivity contribution is 0.0699. The van der Waals surface area contributed by atoms with Crippen LogP contribution in [-0.2, 0) is 0 Å². The highest BCUT2D eigenvalue weighted by molar-refractivity contribution is 7.18. The zero-order valence-corrected chi connectivity index (χ0v) is 8.61. The van der Waals surface area contributed by atoms with Crippen LogP contribution in [0.1, 0.15) is 20.7 Å². The van der Waals surface area contributed by atoms with Crippen molar-refractivity contribution in [3.8, 4) is 11.5 Å². The molecule has 16 heavy (non-hydrogen) atoms. The third kappa shape index (κ3) is 1.31. The number of rotatable bonds is 2. The Hall–Kier alpha value is -2.08. The van der Waals surface area contributed by atoms with Gasteiger partial charge in [-0.25, -0.2) is 4.79 Å². The molecule has 0 unspecified atom stereocenters. The lowest BCUT2D eigenvalue weighted by atomic mass is 10.1. The molecule has 6 heteroatoms. The molecule has 0 radical (unpaired) electrons. The summed E-state index contributed by atoms with van der Waals surface area (Å²) in [4.78, 5) is 21.7. The number of carboxylic acids is 1. The SMILES string of the molecule is O=Cc1cc(O)c(O)c2scc(C(=O)O)c12. The molecule has 1 aromatic carbocycles. The third-order valence-corrected chi connectivity index (χ3v) is 3.17. The van der Waals surface area contributed by atoms with Crippen molar-refractivity contribution in [1.29, 1.82) is 0 Å². The van der Waals surface area contributed by atoms with Crippen LogP contribution >= 0.6 is 11.3 Å². The average Bonchev–Trinajstić information content (AvgIpc) is 2.68. The van der Waals surface area contributed by atoms with Crippen LogP contribution in [0, 0.1) is 0 Å². The Morgan fingerprint density at radius 3 is 2.62 bits per heavy atom. The molecule has 0 aliphatic rings. The van der Waals surface area contributed by atoms with Gasteiger partial charge in [-0.1, -0.05) is 0 Å². The van der Waals surface area contributed by atoms with Crippen molar-refractivity contribution in [2.24, 2.45) is 0 Å². The van der Waals surface area contributed by atoms with E-state index in [1.807, 2.05) is 0 Å². The smallest absolute Gasteiger partial charge is 0.337 e. The highest BCUT2D eigenvalue weighted by Crippen LogP contribution is 2.41. The van der Waals surface area contributed by atoms with E-state index in [0.717, 1.165) is 17.4 Å². The maximum absolute atomic E-state index is 10.9. The van der Waals surface area contributed by atoms with Crippen LogP contribution in [0.15, 0.2) is 11.4 Å². The van der Waals surface area contributed by atoms with E-state index in [0.29, 0.717) is 6.29 Å². The van der Waals surface area contributed by atoms with Crippen LogP contribution in [0.2, 0.25) is 0 Å². The standard InChI is InChI=1S/C10H6O5S/c11-2-4-1-6(12)8(13)9-7(4)5(3-16-9)10(14)15/h1-3,12-13H,(H,14,15). The largest absolute Gasteiger partial charge is 0.504 e. The molecular weight excluding hydrogens is 232 g/mol. The lowest BCUT2D eigenvalue weighted by Gasteiger charge is -2.02. The summed E-state index contributed by atoms with van der Waals surface area (Å²) in [6.45, 7) is 0. The predicted molar refractivity (Wildman–Crippen MR) is 57.5 cm³/mol. The first kappa shape index (κ1) is 10.4. The second-order valence-corrected chi connectivity index (χ2v) is 3.99. The van der Waals surface area contributed by atoms with E-state index in [1.165, 1.54) is 5.38 Å². The van der Waals surface area contributed by atoms with Crippen molar-refractivity contribution in [2.75, 3.05) is 0 Å². The molecule has 0 atom stereocenters. The molecule has 0 spiro atoms. The summed E-state index contributed by atoms with van der Waals surface area (Å²) in [5.41, 5.74) is -0.0126. The van der Waals surface area contributed by atoms with E-state index >= 15 is 0 Å². The number of aromatic hydroxyl groups is 2. The number of carbonyl (C=O) groups excluding carboxylic acids is 1. The first-order valence-electron chi connectivity index (χ1n) is 4.21. The van der Waals surface area contributed by atoms with Gasteiger partial charge in [0.1, 0.15) is 0 Å². The normalized spacial score (nSPS) is 10.5. The van der Waals surface area contributed by atoms with E-state index in [9.17, 15) is 19.8 Å². The van der Waals surface area contributed by atoms with Gasteiger partial charge in [0, 0.05) is 16.3 Å². The number of phenols is 2. The van der Waals surface area contributed by atoms with Crippen LogP contribution in [0.3, 0.4) is 0 Å². The number of hydrogen-bond donors (Lipinski definition) is 3. The van der Waals surface area contributed by atoms with Gasteiger partial charge in [-0.2, -0.15) is 0 Å². The van der Waals surface area contributed by atoms with Gasteiger partial charge in [0.25, 0.3) is 0 Å². The molecule has 0 bridgehead atoms. The van der Waals surface area contributed by atoms with Gasteiger partial charge in [0.15, 0.2) is 17.8 Å². The van der Waals surface area contributed by atoms with Crippen LogP contribution < -0.4 is 0 Å². The molecule has 0 amide bonds. The minimum Gasteiger partial charge on any atom is -0.504 e. The molecule has 0 saturated heterocycles. The molecule has 0 fully saturated rings. The second-order valence-electron chi connectivity index (χ2n) is 3.11. The van der Waals surface area contributed by atoms with E-state index < -0.39 is 17.5 Å². The van der Waals surface area contributed by atoms with E-state index in [2.05, 4.69) is 0 Å². The predicted octanol–water partition coefficient (Wildman–Crippen LogP) is 1.82. The monoisotopic (exact) mass is 238 g/mol. The van der Waals surface area contributed by atoms with Gasteiger partial charge >= 0.3 is 5.97 Å². The summed E-state index contributed by atoms with van der Waals surface area (Å²) in [6, 6.07) is 1.05. The highest BCUT2D eigenvalue weighted by Gasteiger charge is 2.19. The second kappa shape index (κ2) is 3.49. The Labute approximate surface area is 93.2 Å². The maximum atomic E-state index is 10.9. The summed E-state index contributed by atoms with van der Waals surface area (Å²) >= 11 is 0.963. The Morgan fingerprint density at radius 1 is 1.38 bits per heavy atom. The molecule has 0 aliphatic carbocycles. The van der Waals surface area contributed by atoms with E-state index in [4.69, 9.17) is 5.11 Å². The Morgan fingerprint density at radius 2 is 2.06 bits per heavy atom. The Balaban J connectivity index is 2.96. The lowest BCUT2D eigenvalue weighted by Crippen LogP contribution is -1.96.